The van der Waals surface area contributed by atoms with E-state index in [4.69, 9.17) is 14.5 Å². The van der Waals surface area contributed by atoms with E-state index in [-0.39, 0.29) is 5.41 Å². The minimum atomic E-state index is 0.168. The van der Waals surface area contributed by atoms with Crippen LogP contribution in [0.4, 0.5) is 0 Å². The lowest BCUT2D eigenvalue weighted by Crippen LogP contribution is -2.43. The van der Waals surface area contributed by atoms with Gasteiger partial charge in [-0.15, -0.1) is 0 Å². The molecule has 1 heterocycles. The van der Waals surface area contributed by atoms with Crippen LogP contribution in [0, 0.1) is 17.3 Å². The second kappa shape index (κ2) is 9.77. The Labute approximate surface area is 154 Å². The summed E-state index contributed by atoms with van der Waals surface area (Å²) in [7, 11) is 2.10. The monoisotopic (exact) mass is 353 g/mol. The van der Waals surface area contributed by atoms with Crippen molar-refractivity contribution in [3.05, 3.63) is 0 Å². The molecule has 0 aromatic rings. The molecule has 5 heteroatoms. The largest absolute Gasteiger partial charge is 0.379 e. The molecule has 0 aromatic carbocycles. The van der Waals surface area contributed by atoms with E-state index in [1.165, 1.54) is 19.3 Å². The molecule has 0 bridgehead atoms. The average molecular weight is 354 g/mol. The number of rotatable bonds is 8. The molecule has 5 nitrogen and oxygen atoms in total. The summed E-state index contributed by atoms with van der Waals surface area (Å²) in [4.78, 5) is 7.11. The van der Waals surface area contributed by atoms with Crippen molar-refractivity contribution in [1.29, 1.82) is 0 Å². The van der Waals surface area contributed by atoms with Gasteiger partial charge in [0.05, 0.1) is 12.7 Å². The fourth-order valence-corrected chi connectivity index (χ4v) is 3.50. The van der Waals surface area contributed by atoms with E-state index in [9.17, 15) is 0 Å². The Balaban J connectivity index is 1.85. The van der Waals surface area contributed by atoms with E-state index < -0.39 is 0 Å². The number of likely N-dealkylation sites (N-methyl/N-ethyl adjacent to an activating group) is 1. The van der Waals surface area contributed by atoms with Gasteiger partial charge in [-0.05, 0) is 43.9 Å². The van der Waals surface area contributed by atoms with E-state index in [0.717, 1.165) is 57.8 Å². The lowest BCUT2D eigenvalue weighted by Gasteiger charge is -2.39. The van der Waals surface area contributed by atoms with Crippen LogP contribution in [0.1, 0.15) is 53.4 Å². The maximum atomic E-state index is 6.09. The van der Waals surface area contributed by atoms with Crippen LogP contribution in [0.15, 0.2) is 4.99 Å². The molecule has 1 N–H and O–H groups in total. The van der Waals surface area contributed by atoms with E-state index in [0.29, 0.717) is 12.0 Å². The molecule has 146 valence electrons. The zero-order valence-electron chi connectivity index (χ0n) is 17.0. The molecular weight excluding hydrogens is 314 g/mol. The molecular formula is C20H39N3O2. The molecule has 2 atom stereocenters. The van der Waals surface area contributed by atoms with Crippen LogP contribution in [0.5, 0.6) is 0 Å². The van der Waals surface area contributed by atoms with Crippen molar-refractivity contribution in [2.45, 2.75) is 59.5 Å². The second-order valence-electron chi connectivity index (χ2n) is 8.69. The Kier molecular flexibility index (Phi) is 8.01. The Morgan fingerprint density at radius 1 is 1.28 bits per heavy atom. The summed E-state index contributed by atoms with van der Waals surface area (Å²) >= 11 is 0. The fourth-order valence-electron chi connectivity index (χ4n) is 3.50. The molecule has 1 saturated carbocycles. The molecule has 0 radical (unpaired) electrons. The van der Waals surface area contributed by atoms with Gasteiger partial charge in [-0.1, -0.05) is 20.8 Å². The molecule has 2 unspecified atom stereocenters. The summed E-state index contributed by atoms with van der Waals surface area (Å²) in [6.07, 6.45) is 5.34. The minimum Gasteiger partial charge on any atom is -0.379 e. The minimum absolute atomic E-state index is 0.168. The van der Waals surface area contributed by atoms with Crippen molar-refractivity contribution in [1.82, 2.24) is 10.2 Å². The average Bonchev–Trinajstić information content (AvgIpc) is 3.39. The summed E-state index contributed by atoms with van der Waals surface area (Å²) in [6, 6.07) is 0. The van der Waals surface area contributed by atoms with Gasteiger partial charge < -0.3 is 19.7 Å². The molecule has 2 rings (SSSR count). The van der Waals surface area contributed by atoms with Gasteiger partial charge in [-0.25, -0.2) is 0 Å². The maximum Gasteiger partial charge on any atom is 0.193 e. The van der Waals surface area contributed by atoms with Crippen molar-refractivity contribution in [3.63, 3.8) is 0 Å². The fraction of sp³-hybridized carbons (Fsp3) is 0.950. The predicted octanol–water partition coefficient (Wildman–Crippen LogP) is 3.15. The van der Waals surface area contributed by atoms with Crippen molar-refractivity contribution < 1.29 is 9.47 Å². The van der Waals surface area contributed by atoms with E-state index in [1.807, 2.05) is 0 Å². The highest BCUT2D eigenvalue weighted by atomic mass is 16.5. The number of ether oxygens (including phenoxy) is 2. The highest BCUT2D eigenvalue weighted by Gasteiger charge is 2.35. The standard InChI is InChI=1S/C20H39N3O2/c1-6-21-19(23(5)11-13-24-15-16-9-10-16)22-14-17-8-7-12-25-18(17)20(2,3)4/h16-18H,6-15H2,1-5H3,(H,21,22). The molecule has 25 heavy (non-hydrogen) atoms. The van der Waals surface area contributed by atoms with Crippen molar-refractivity contribution in [2.24, 2.45) is 22.2 Å². The van der Waals surface area contributed by atoms with Crippen molar-refractivity contribution in [3.8, 4) is 0 Å². The summed E-state index contributed by atoms with van der Waals surface area (Å²) in [5, 5.41) is 3.42. The van der Waals surface area contributed by atoms with Crippen LogP contribution < -0.4 is 5.32 Å². The topological polar surface area (TPSA) is 46.1 Å². The molecule has 0 spiro atoms. The van der Waals surface area contributed by atoms with Gasteiger partial charge in [-0.2, -0.15) is 0 Å². The van der Waals surface area contributed by atoms with Gasteiger partial charge in [0, 0.05) is 45.8 Å². The molecule has 0 amide bonds. The molecule has 2 aliphatic rings. The first-order valence-electron chi connectivity index (χ1n) is 10.1. The Bertz CT molecular complexity index is 416. The van der Waals surface area contributed by atoms with Crippen LogP contribution >= 0.6 is 0 Å². The first-order chi connectivity index (χ1) is 11.9. The smallest absolute Gasteiger partial charge is 0.193 e. The van der Waals surface area contributed by atoms with Crippen LogP contribution in [-0.2, 0) is 9.47 Å². The van der Waals surface area contributed by atoms with E-state index in [2.05, 4.69) is 45.0 Å². The number of nitrogens with zero attached hydrogens (tertiary/aromatic N) is 2. The Morgan fingerprint density at radius 3 is 2.68 bits per heavy atom. The molecule has 1 aliphatic heterocycles. The van der Waals surface area contributed by atoms with Gasteiger partial charge in [-0.3, -0.25) is 4.99 Å². The summed E-state index contributed by atoms with van der Waals surface area (Å²) in [5.74, 6) is 2.31. The van der Waals surface area contributed by atoms with E-state index in [1.54, 1.807) is 0 Å². The maximum absolute atomic E-state index is 6.09. The third kappa shape index (κ3) is 7.14. The highest BCUT2D eigenvalue weighted by Crippen LogP contribution is 2.34. The summed E-state index contributed by atoms with van der Waals surface area (Å²) in [5.41, 5.74) is 0.168. The molecule has 1 saturated heterocycles. The van der Waals surface area contributed by atoms with Gasteiger partial charge >= 0.3 is 0 Å². The molecule has 1 aliphatic carbocycles. The lowest BCUT2D eigenvalue weighted by molar-refractivity contribution is -0.0824. The zero-order valence-corrected chi connectivity index (χ0v) is 17.0. The zero-order chi connectivity index (χ0) is 18.3. The third-order valence-electron chi connectivity index (χ3n) is 5.09. The van der Waals surface area contributed by atoms with Crippen molar-refractivity contribution in [2.75, 3.05) is 46.5 Å². The van der Waals surface area contributed by atoms with Gasteiger partial charge in [0.2, 0.25) is 0 Å². The normalized spacial score (nSPS) is 25.1. The van der Waals surface area contributed by atoms with Crippen LogP contribution in [-0.4, -0.2) is 63.5 Å². The lowest BCUT2D eigenvalue weighted by atomic mass is 9.78. The third-order valence-corrected chi connectivity index (χ3v) is 5.09. The Morgan fingerprint density at radius 2 is 2.04 bits per heavy atom. The number of aliphatic imine (C=N–C) groups is 1. The van der Waals surface area contributed by atoms with Gasteiger partial charge in [0.1, 0.15) is 0 Å². The first kappa shape index (κ1) is 20.5. The summed E-state index contributed by atoms with van der Waals surface area (Å²) < 4.78 is 11.9. The van der Waals surface area contributed by atoms with E-state index >= 15 is 0 Å². The van der Waals surface area contributed by atoms with Crippen LogP contribution in [0.3, 0.4) is 0 Å². The number of nitrogens with one attached hydrogen (secondary N) is 1. The predicted molar refractivity (Wildman–Crippen MR) is 104 cm³/mol. The Hall–Kier alpha value is -0.810. The quantitative estimate of drug-likeness (QED) is 0.414. The van der Waals surface area contributed by atoms with Crippen molar-refractivity contribution >= 4 is 5.96 Å². The molecule has 0 aromatic heterocycles. The summed E-state index contributed by atoms with van der Waals surface area (Å²) in [6.45, 7) is 14.1. The SMILES string of the molecule is CCNC(=NCC1CCCOC1C(C)(C)C)N(C)CCOCC1CC1. The van der Waals surface area contributed by atoms with Crippen LogP contribution in [0.2, 0.25) is 0 Å². The number of guanidine groups is 1. The van der Waals surface area contributed by atoms with Gasteiger partial charge in [0.25, 0.3) is 0 Å². The number of hydrogen-bond acceptors (Lipinski definition) is 3. The highest BCUT2D eigenvalue weighted by molar-refractivity contribution is 5.79. The second-order valence-corrected chi connectivity index (χ2v) is 8.69. The van der Waals surface area contributed by atoms with Crippen LogP contribution in [0.25, 0.3) is 0 Å². The van der Waals surface area contributed by atoms with Gasteiger partial charge in [0.15, 0.2) is 5.96 Å². The number of hydrogen-bond donors (Lipinski definition) is 1. The molecule has 2 fully saturated rings. The first-order valence-corrected chi connectivity index (χ1v) is 10.1.